The third-order valence-corrected chi connectivity index (χ3v) is 5.72. The van der Waals surface area contributed by atoms with Crippen molar-refractivity contribution < 1.29 is 27.5 Å². The number of amides is 1. The number of halogens is 3. The molecule has 0 unspecified atom stereocenters. The molecule has 7 nitrogen and oxygen atoms in total. The monoisotopic (exact) mass is 446 g/mol. The lowest BCUT2D eigenvalue weighted by Crippen LogP contribution is -2.19. The van der Waals surface area contributed by atoms with Crippen LogP contribution in [0, 0.1) is 5.92 Å². The normalized spacial score (nSPS) is 19.0. The van der Waals surface area contributed by atoms with Gasteiger partial charge < -0.3 is 14.8 Å². The smallest absolute Gasteiger partial charge is 0.417 e. The van der Waals surface area contributed by atoms with Crippen molar-refractivity contribution in [3.63, 3.8) is 0 Å². The lowest BCUT2D eigenvalue weighted by molar-refractivity contribution is -0.137. The van der Waals surface area contributed by atoms with Crippen molar-refractivity contribution in [2.75, 3.05) is 12.4 Å². The minimum atomic E-state index is -4.52. The Morgan fingerprint density at radius 2 is 1.97 bits per heavy atom. The first-order chi connectivity index (χ1) is 15.3. The molecule has 1 N–H and O–H groups in total. The van der Waals surface area contributed by atoms with E-state index in [1.54, 1.807) is 12.1 Å². The second-order valence-corrected chi connectivity index (χ2v) is 7.81. The molecule has 0 saturated heterocycles. The number of anilines is 1. The number of nitrogens with zero attached hydrogens (tertiary/aromatic N) is 3. The predicted octanol–water partition coefficient (Wildman–Crippen LogP) is 4.64. The number of nitrogens with one attached hydrogen (secondary N) is 1. The van der Waals surface area contributed by atoms with Crippen LogP contribution < -0.4 is 10.1 Å². The Kier molecular flexibility index (Phi) is 5.86. The fourth-order valence-electron chi connectivity index (χ4n) is 3.91. The molecule has 10 heteroatoms. The number of hydrogen-bond acceptors (Lipinski definition) is 5. The highest BCUT2D eigenvalue weighted by atomic mass is 19.4. The summed E-state index contributed by atoms with van der Waals surface area (Å²) in [5.41, 5.74) is -0.0358. The largest absolute Gasteiger partial charge is 0.494 e. The van der Waals surface area contributed by atoms with Crippen molar-refractivity contribution in [3.05, 3.63) is 47.9 Å². The summed E-state index contributed by atoms with van der Waals surface area (Å²) in [6, 6.07) is 5.43. The molecule has 168 valence electrons. The molecule has 4 rings (SSSR count). The Hall–Kier alpha value is -3.43. The average Bonchev–Trinajstić information content (AvgIpc) is 3.21. The number of carbonyl (C=O) groups is 2. The van der Waals surface area contributed by atoms with E-state index in [0.29, 0.717) is 23.2 Å². The Bertz CT molecular complexity index is 1130. The maximum atomic E-state index is 12.7. The van der Waals surface area contributed by atoms with E-state index >= 15 is 0 Å². The zero-order valence-corrected chi connectivity index (χ0v) is 17.2. The summed E-state index contributed by atoms with van der Waals surface area (Å²) >= 11 is 0. The molecule has 3 aromatic rings. The number of methoxy groups -OCH3 is 1. The van der Waals surface area contributed by atoms with Crippen LogP contribution in [-0.4, -0.2) is 34.1 Å². The summed E-state index contributed by atoms with van der Waals surface area (Å²) in [6.45, 7) is 0. The van der Waals surface area contributed by atoms with Crippen LogP contribution >= 0.6 is 0 Å². The maximum Gasteiger partial charge on any atom is 0.417 e. The van der Waals surface area contributed by atoms with Crippen LogP contribution in [0.15, 0.2) is 36.7 Å². The van der Waals surface area contributed by atoms with Gasteiger partial charge in [-0.05, 0) is 43.9 Å². The number of rotatable bonds is 5. The van der Waals surface area contributed by atoms with Gasteiger partial charge in [0.2, 0.25) is 0 Å². The Morgan fingerprint density at radius 1 is 1.22 bits per heavy atom. The summed E-state index contributed by atoms with van der Waals surface area (Å²) in [5.74, 6) is -0.180. The number of aldehydes is 1. The lowest BCUT2D eigenvalue weighted by atomic mass is 9.87. The number of fused-ring (bicyclic) bond motifs is 1. The molecule has 1 amide bonds. The second kappa shape index (κ2) is 8.60. The molecule has 1 aliphatic carbocycles. The SMILES string of the molecule is COc1cc2nn(C3CCC(C=O)CC3)cc2cc1NC(=O)c1ccc(C(F)(F)F)cn1. The highest BCUT2D eigenvalue weighted by Crippen LogP contribution is 2.35. The summed E-state index contributed by atoms with van der Waals surface area (Å²) in [6.07, 6.45) is 2.37. The Morgan fingerprint density at radius 3 is 2.56 bits per heavy atom. The fraction of sp³-hybridized carbons (Fsp3) is 0.364. The molecule has 0 bridgehead atoms. The molecule has 2 aromatic heterocycles. The van der Waals surface area contributed by atoms with E-state index in [4.69, 9.17) is 4.74 Å². The summed E-state index contributed by atoms with van der Waals surface area (Å²) in [5, 5.41) is 8.05. The van der Waals surface area contributed by atoms with Crippen molar-refractivity contribution >= 4 is 28.8 Å². The predicted molar refractivity (Wildman–Crippen MR) is 111 cm³/mol. The van der Waals surface area contributed by atoms with Crippen LogP contribution in [0.4, 0.5) is 18.9 Å². The van der Waals surface area contributed by atoms with E-state index < -0.39 is 17.6 Å². The van der Waals surface area contributed by atoms with Crippen LogP contribution in [0.2, 0.25) is 0 Å². The number of carbonyl (C=O) groups excluding carboxylic acids is 2. The van der Waals surface area contributed by atoms with Crippen molar-refractivity contribution in [1.29, 1.82) is 0 Å². The molecule has 1 saturated carbocycles. The molecule has 1 fully saturated rings. The molecule has 32 heavy (non-hydrogen) atoms. The first-order valence-corrected chi connectivity index (χ1v) is 10.2. The van der Waals surface area contributed by atoms with Crippen molar-refractivity contribution in [3.8, 4) is 5.75 Å². The van der Waals surface area contributed by atoms with Gasteiger partial charge in [0.05, 0.1) is 29.9 Å². The number of pyridine rings is 1. The quantitative estimate of drug-likeness (QED) is 0.577. The summed E-state index contributed by atoms with van der Waals surface area (Å²) in [4.78, 5) is 27.1. The molecule has 1 aromatic carbocycles. The van der Waals surface area contributed by atoms with Gasteiger partial charge in [0.1, 0.15) is 17.7 Å². The molecule has 0 aliphatic heterocycles. The van der Waals surface area contributed by atoms with Gasteiger partial charge in [-0.3, -0.25) is 14.5 Å². The summed E-state index contributed by atoms with van der Waals surface area (Å²) in [7, 11) is 1.45. The topological polar surface area (TPSA) is 86.1 Å². The minimum Gasteiger partial charge on any atom is -0.494 e. The molecule has 2 heterocycles. The standard InChI is InChI=1S/C22H21F3N4O3/c1-32-20-9-18-14(11-29(28-18)16-5-2-13(12-30)3-6-16)8-19(20)27-21(31)17-7-4-15(10-26-17)22(23,24)25/h4,7-13,16H,2-3,5-6H2,1H3,(H,27,31). The average molecular weight is 446 g/mol. The number of ether oxygens (including phenoxy) is 1. The zero-order valence-electron chi connectivity index (χ0n) is 17.2. The van der Waals surface area contributed by atoms with Gasteiger partial charge in [0.15, 0.2) is 0 Å². The molecule has 0 atom stereocenters. The third-order valence-electron chi connectivity index (χ3n) is 5.72. The number of hydrogen-bond donors (Lipinski definition) is 1. The summed E-state index contributed by atoms with van der Waals surface area (Å²) < 4.78 is 45.4. The van der Waals surface area contributed by atoms with Gasteiger partial charge in [-0.2, -0.15) is 18.3 Å². The first kappa shape index (κ1) is 21.8. The van der Waals surface area contributed by atoms with E-state index in [1.807, 2.05) is 10.9 Å². The molecular formula is C22H21F3N4O3. The van der Waals surface area contributed by atoms with Crippen LogP contribution in [0.5, 0.6) is 5.75 Å². The third kappa shape index (κ3) is 4.44. The van der Waals surface area contributed by atoms with E-state index in [0.717, 1.165) is 49.5 Å². The number of alkyl halides is 3. The fourth-order valence-corrected chi connectivity index (χ4v) is 3.91. The second-order valence-electron chi connectivity index (χ2n) is 7.81. The van der Waals surface area contributed by atoms with Crippen molar-refractivity contribution in [2.24, 2.45) is 5.92 Å². The number of benzene rings is 1. The van der Waals surface area contributed by atoms with E-state index in [-0.39, 0.29) is 17.7 Å². The van der Waals surface area contributed by atoms with Gasteiger partial charge in [-0.15, -0.1) is 0 Å². The first-order valence-electron chi connectivity index (χ1n) is 10.2. The van der Waals surface area contributed by atoms with Crippen molar-refractivity contribution in [2.45, 2.75) is 37.9 Å². The van der Waals surface area contributed by atoms with Gasteiger partial charge >= 0.3 is 6.18 Å². The van der Waals surface area contributed by atoms with Crippen LogP contribution in [-0.2, 0) is 11.0 Å². The molecule has 0 radical (unpaired) electrons. The molecular weight excluding hydrogens is 425 g/mol. The highest BCUT2D eigenvalue weighted by Gasteiger charge is 2.31. The highest BCUT2D eigenvalue weighted by molar-refractivity contribution is 6.05. The molecule has 0 spiro atoms. The number of aromatic nitrogens is 3. The van der Waals surface area contributed by atoms with Crippen molar-refractivity contribution in [1.82, 2.24) is 14.8 Å². The van der Waals surface area contributed by atoms with Gasteiger partial charge in [-0.25, -0.2) is 0 Å². The molecule has 1 aliphatic rings. The van der Waals surface area contributed by atoms with Gasteiger partial charge in [0.25, 0.3) is 5.91 Å². The van der Waals surface area contributed by atoms with E-state index in [2.05, 4.69) is 15.4 Å². The van der Waals surface area contributed by atoms with Crippen LogP contribution in [0.25, 0.3) is 10.9 Å². The maximum absolute atomic E-state index is 12.7. The minimum absolute atomic E-state index is 0.108. The van der Waals surface area contributed by atoms with Crippen LogP contribution in [0.1, 0.15) is 47.8 Å². The van der Waals surface area contributed by atoms with Gasteiger partial charge in [0, 0.05) is 29.8 Å². The zero-order chi connectivity index (χ0) is 22.9. The van der Waals surface area contributed by atoms with E-state index in [9.17, 15) is 22.8 Å². The lowest BCUT2D eigenvalue weighted by Gasteiger charge is -2.25. The van der Waals surface area contributed by atoms with Crippen LogP contribution in [0.3, 0.4) is 0 Å². The van der Waals surface area contributed by atoms with E-state index in [1.165, 1.54) is 7.11 Å². The van der Waals surface area contributed by atoms with Gasteiger partial charge in [-0.1, -0.05) is 0 Å². The Labute approximate surface area is 181 Å². The Balaban J connectivity index is 1.55.